The highest BCUT2D eigenvalue weighted by atomic mass is 16.2. The van der Waals surface area contributed by atoms with E-state index in [1.165, 1.54) is 11.1 Å². The molecule has 1 amide bonds. The molecule has 1 saturated heterocycles. The molecule has 0 aliphatic carbocycles. The minimum Gasteiger partial charge on any atom is -0.358 e. The molecule has 1 fully saturated rings. The van der Waals surface area contributed by atoms with Gasteiger partial charge in [-0.3, -0.25) is 4.79 Å². The number of rotatable bonds is 5. The monoisotopic (exact) mass is 308 g/mol. The molecule has 0 N–H and O–H groups in total. The van der Waals surface area contributed by atoms with Crippen LogP contribution >= 0.6 is 0 Å². The summed E-state index contributed by atoms with van der Waals surface area (Å²) in [4.78, 5) is 16.7. The van der Waals surface area contributed by atoms with Crippen LogP contribution in [0.15, 0.2) is 54.6 Å². The van der Waals surface area contributed by atoms with E-state index in [2.05, 4.69) is 48.2 Å². The van der Waals surface area contributed by atoms with Gasteiger partial charge >= 0.3 is 0 Å². The Bertz CT molecular complexity index is 630. The highest BCUT2D eigenvalue weighted by Gasteiger charge is 2.20. The van der Waals surface area contributed by atoms with E-state index < -0.39 is 0 Å². The van der Waals surface area contributed by atoms with Crippen LogP contribution in [0, 0.1) is 6.92 Å². The second-order valence-corrected chi connectivity index (χ2v) is 6.27. The first kappa shape index (κ1) is 15.6. The zero-order chi connectivity index (χ0) is 16.1. The van der Waals surface area contributed by atoms with E-state index in [1.807, 2.05) is 23.1 Å². The van der Waals surface area contributed by atoms with E-state index in [0.717, 1.165) is 38.2 Å². The highest BCUT2D eigenvalue weighted by Crippen LogP contribution is 2.19. The molecular weight excluding hydrogens is 284 g/mol. The number of benzene rings is 2. The van der Waals surface area contributed by atoms with Crippen molar-refractivity contribution in [2.75, 3.05) is 24.5 Å². The van der Waals surface area contributed by atoms with Gasteiger partial charge < -0.3 is 9.80 Å². The van der Waals surface area contributed by atoms with E-state index in [0.29, 0.717) is 6.54 Å². The zero-order valence-corrected chi connectivity index (χ0v) is 13.7. The fourth-order valence-corrected chi connectivity index (χ4v) is 3.03. The Morgan fingerprint density at radius 2 is 1.65 bits per heavy atom. The summed E-state index contributed by atoms with van der Waals surface area (Å²) in [5, 5.41) is 0. The van der Waals surface area contributed by atoms with Crippen LogP contribution in [0.5, 0.6) is 0 Å². The van der Waals surface area contributed by atoms with Crippen LogP contribution in [0.3, 0.4) is 0 Å². The maximum atomic E-state index is 12.6. The van der Waals surface area contributed by atoms with Gasteiger partial charge in [0.05, 0.1) is 6.54 Å². The molecule has 1 aliphatic rings. The highest BCUT2D eigenvalue weighted by molar-refractivity contribution is 5.81. The predicted molar refractivity (Wildman–Crippen MR) is 94.5 cm³/mol. The molecular formula is C20H24N2O. The van der Waals surface area contributed by atoms with Crippen molar-refractivity contribution in [3.8, 4) is 0 Å². The fraction of sp³-hybridized carbons (Fsp3) is 0.350. The molecule has 0 atom stereocenters. The number of anilines is 1. The van der Waals surface area contributed by atoms with Crippen LogP contribution in [-0.4, -0.2) is 30.4 Å². The molecule has 3 heteroatoms. The van der Waals surface area contributed by atoms with Gasteiger partial charge in [0, 0.05) is 25.3 Å². The van der Waals surface area contributed by atoms with Crippen molar-refractivity contribution in [1.82, 2.24) is 4.90 Å². The lowest BCUT2D eigenvalue weighted by atomic mass is 10.1. The van der Waals surface area contributed by atoms with E-state index in [1.54, 1.807) is 0 Å². The molecule has 1 heterocycles. The van der Waals surface area contributed by atoms with Crippen LogP contribution in [-0.2, 0) is 11.3 Å². The number of carbonyl (C=O) groups is 1. The molecule has 3 nitrogen and oxygen atoms in total. The van der Waals surface area contributed by atoms with Crippen molar-refractivity contribution >= 4 is 11.6 Å². The Labute approximate surface area is 138 Å². The first-order valence-corrected chi connectivity index (χ1v) is 8.36. The molecule has 0 saturated carbocycles. The lowest BCUT2D eigenvalue weighted by Gasteiger charge is -2.27. The molecule has 0 unspecified atom stereocenters. The molecule has 0 radical (unpaired) electrons. The summed E-state index contributed by atoms with van der Waals surface area (Å²) < 4.78 is 0. The van der Waals surface area contributed by atoms with E-state index in [4.69, 9.17) is 0 Å². The summed E-state index contributed by atoms with van der Waals surface area (Å²) >= 11 is 0. The Balaban J connectivity index is 1.77. The number of carbonyl (C=O) groups excluding carboxylic acids is 1. The van der Waals surface area contributed by atoms with Crippen molar-refractivity contribution in [2.24, 2.45) is 0 Å². The van der Waals surface area contributed by atoms with Crippen molar-refractivity contribution < 1.29 is 4.79 Å². The maximum Gasteiger partial charge on any atom is 0.242 e. The molecule has 120 valence electrons. The Morgan fingerprint density at radius 1 is 1.00 bits per heavy atom. The lowest BCUT2D eigenvalue weighted by Crippen LogP contribution is -2.38. The maximum absolute atomic E-state index is 12.6. The lowest BCUT2D eigenvalue weighted by molar-refractivity contribution is -0.128. The topological polar surface area (TPSA) is 23.6 Å². The number of aryl methyl sites for hydroxylation is 1. The third kappa shape index (κ3) is 4.13. The number of hydrogen-bond donors (Lipinski definition) is 0. The summed E-state index contributed by atoms with van der Waals surface area (Å²) in [7, 11) is 0. The Hall–Kier alpha value is -2.29. The number of likely N-dealkylation sites (tertiary alicyclic amines) is 1. The van der Waals surface area contributed by atoms with E-state index in [9.17, 15) is 4.79 Å². The second-order valence-electron chi connectivity index (χ2n) is 6.27. The average Bonchev–Trinajstić information content (AvgIpc) is 3.10. The van der Waals surface area contributed by atoms with Gasteiger partial charge in [-0.15, -0.1) is 0 Å². The molecule has 1 aliphatic heterocycles. The second kappa shape index (κ2) is 7.32. The third-order valence-corrected chi connectivity index (χ3v) is 4.40. The first-order valence-electron chi connectivity index (χ1n) is 8.36. The summed E-state index contributed by atoms with van der Waals surface area (Å²) in [5.74, 6) is 0.235. The molecule has 0 aromatic heterocycles. The number of amides is 1. The van der Waals surface area contributed by atoms with E-state index >= 15 is 0 Å². The Morgan fingerprint density at radius 3 is 2.30 bits per heavy atom. The summed E-state index contributed by atoms with van der Waals surface area (Å²) in [5.41, 5.74) is 3.56. The van der Waals surface area contributed by atoms with Gasteiger partial charge in [-0.25, -0.2) is 0 Å². The van der Waals surface area contributed by atoms with Crippen LogP contribution in [0.25, 0.3) is 0 Å². The van der Waals surface area contributed by atoms with Gasteiger partial charge in [-0.2, -0.15) is 0 Å². The minimum absolute atomic E-state index is 0.235. The molecule has 2 aromatic carbocycles. The minimum atomic E-state index is 0.235. The average molecular weight is 308 g/mol. The first-order chi connectivity index (χ1) is 11.2. The molecule has 23 heavy (non-hydrogen) atoms. The van der Waals surface area contributed by atoms with Gasteiger partial charge in [0.25, 0.3) is 0 Å². The van der Waals surface area contributed by atoms with Gasteiger partial charge in [0.15, 0.2) is 0 Å². The largest absolute Gasteiger partial charge is 0.358 e. The van der Waals surface area contributed by atoms with Crippen LogP contribution in [0.2, 0.25) is 0 Å². The van der Waals surface area contributed by atoms with Gasteiger partial charge in [-0.1, -0.05) is 48.0 Å². The zero-order valence-electron chi connectivity index (χ0n) is 13.7. The van der Waals surface area contributed by atoms with Crippen molar-refractivity contribution in [2.45, 2.75) is 26.3 Å². The SMILES string of the molecule is Cc1ccc(N(CC(=O)N2CCCC2)Cc2ccccc2)cc1. The summed E-state index contributed by atoms with van der Waals surface area (Å²) in [6, 6.07) is 18.8. The van der Waals surface area contributed by atoms with Crippen LogP contribution in [0.1, 0.15) is 24.0 Å². The standard InChI is InChI=1S/C20H24N2O/c1-17-9-11-19(12-10-17)22(15-18-7-3-2-4-8-18)16-20(23)21-13-5-6-14-21/h2-4,7-12H,5-6,13-16H2,1H3. The van der Waals surface area contributed by atoms with Crippen LogP contribution < -0.4 is 4.90 Å². The summed E-state index contributed by atoms with van der Waals surface area (Å²) in [6.45, 7) is 5.10. The quantitative estimate of drug-likeness (QED) is 0.842. The van der Waals surface area contributed by atoms with E-state index in [-0.39, 0.29) is 5.91 Å². The molecule has 0 bridgehead atoms. The Kier molecular flexibility index (Phi) is 4.96. The third-order valence-electron chi connectivity index (χ3n) is 4.40. The van der Waals surface area contributed by atoms with Gasteiger partial charge in [0.1, 0.15) is 0 Å². The number of nitrogens with zero attached hydrogens (tertiary/aromatic N) is 2. The van der Waals surface area contributed by atoms with Crippen LogP contribution in [0.4, 0.5) is 5.69 Å². The van der Waals surface area contributed by atoms with Gasteiger partial charge in [-0.05, 0) is 37.5 Å². The fourth-order valence-electron chi connectivity index (χ4n) is 3.03. The van der Waals surface area contributed by atoms with Crippen molar-refractivity contribution in [3.63, 3.8) is 0 Å². The smallest absolute Gasteiger partial charge is 0.242 e. The molecule has 2 aromatic rings. The normalized spacial score (nSPS) is 14.0. The van der Waals surface area contributed by atoms with Crippen molar-refractivity contribution in [1.29, 1.82) is 0 Å². The number of hydrogen-bond acceptors (Lipinski definition) is 2. The molecule has 0 spiro atoms. The summed E-state index contributed by atoms with van der Waals surface area (Å²) in [6.07, 6.45) is 2.27. The van der Waals surface area contributed by atoms with Gasteiger partial charge in [0.2, 0.25) is 5.91 Å². The molecule has 3 rings (SSSR count). The van der Waals surface area contributed by atoms with Crippen molar-refractivity contribution in [3.05, 3.63) is 65.7 Å². The predicted octanol–water partition coefficient (Wildman–Crippen LogP) is 3.62.